The number of para-hydroxylation sites is 1. The van der Waals surface area contributed by atoms with Gasteiger partial charge in [0.25, 0.3) is 15.9 Å². The molecule has 1 heterocycles. The summed E-state index contributed by atoms with van der Waals surface area (Å²) in [6, 6.07) is 6.37. The maximum atomic E-state index is 12.2. The number of anilines is 1. The molecule has 7 heteroatoms. The van der Waals surface area contributed by atoms with Crippen LogP contribution in [0, 0.1) is 11.3 Å². The van der Waals surface area contributed by atoms with Crippen molar-refractivity contribution in [3.63, 3.8) is 0 Å². The average Bonchev–Trinajstić information content (AvgIpc) is 2.38. The summed E-state index contributed by atoms with van der Waals surface area (Å²) in [5.41, 5.74) is 0.0589. The van der Waals surface area contributed by atoms with Crippen molar-refractivity contribution in [3.8, 4) is 11.8 Å². The minimum atomic E-state index is -3.82. The molecule has 0 bridgehead atoms. The Morgan fingerprint density at radius 1 is 1.37 bits per heavy atom. The molecular formula is C12H12N2O4S. The second-order valence-electron chi connectivity index (χ2n) is 4.55. The van der Waals surface area contributed by atoms with Crippen molar-refractivity contribution in [3.05, 3.63) is 23.8 Å². The fourth-order valence-corrected chi connectivity index (χ4v) is 3.37. The van der Waals surface area contributed by atoms with Crippen LogP contribution in [0.2, 0.25) is 0 Å². The fraction of sp³-hybridized carbons (Fsp3) is 0.333. The van der Waals surface area contributed by atoms with Crippen molar-refractivity contribution in [2.75, 3.05) is 11.4 Å². The van der Waals surface area contributed by atoms with Gasteiger partial charge in [0.05, 0.1) is 12.7 Å². The van der Waals surface area contributed by atoms with Crippen LogP contribution in [0.15, 0.2) is 18.2 Å². The zero-order chi connectivity index (χ0) is 14.4. The number of rotatable bonds is 2. The second kappa shape index (κ2) is 3.96. The van der Waals surface area contributed by atoms with Gasteiger partial charge in [0.1, 0.15) is 17.5 Å². The van der Waals surface area contributed by atoms with Gasteiger partial charge in [-0.15, -0.1) is 0 Å². The molecule has 1 aliphatic rings. The smallest absolute Gasteiger partial charge is 0.263 e. The van der Waals surface area contributed by atoms with Gasteiger partial charge in [0, 0.05) is 0 Å². The molecule has 6 nitrogen and oxygen atoms in total. The number of methoxy groups -OCH3 is 1. The van der Waals surface area contributed by atoms with E-state index in [1.54, 1.807) is 6.07 Å². The first kappa shape index (κ1) is 13.4. The van der Waals surface area contributed by atoms with Gasteiger partial charge in [-0.1, -0.05) is 6.07 Å². The minimum Gasteiger partial charge on any atom is -0.494 e. The molecule has 1 aliphatic heterocycles. The third kappa shape index (κ3) is 1.53. The van der Waals surface area contributed by atoms with Gasteiger partial charge in [0.2, 0.25) is 0 Å². The molecule has 1 amide bonds. The zero-order valence-corrected chi connectivity index (χ0v) is 11.5. The summed E-state index contributed by atoms with van der Waals surface area (Å²) in [5.74, 6) is -0.403. The van der Waals surface area contributed by atoms with Gasteiger partial charge < -0.3 is 4.74 Å². The summed E-state index contributed by atoms with van der Waals surface area (Å²) in [4.78, 5) is 12.0. The summed E-state index contributed by atoms with van der Waals surface area (Å²) >= 11 is 0. The third-order valence-electron chi connectivity index (χ3n) is 3.13. The first-order valence-corrected chi connectivity index (χ1v) is 6.89. The van der Waals surface area contributed by atoms with E-state index in [9.17, 15) is 13.2 Å². The van der Waals surface area contributed by atoms with Crippen molar-refractivity contribution in [1.82, 2.24) is 0 Å². The molecule has 1 saturated heterocycles. The number of hydrogen-bond donors (Lipinski definition) is 0. The van der Waals surface area contributed by atoms with E-state index in [1.165, 1.54) is 33.1 Å². The molecule has 0 spiro atoms. The van der Waals surface area contributed by atoms with Gasteiger partial charge in [-0.05, 0) is 26.0 Å². The molecule has 1 aromatic carbocycles. The Kier molecular flexibility index (Phi) is 2.79. The Labute approximate surface area is 111 Å². The third-order valence-corrected chi connectivity index (χ3v) is 5.42. The summed E-state index contributed by atoms with van der Waals surface area (Å²) in [5, 5.41) is 9.06. The largest absolute Gasteiger partial charge is 0.494 e. The van der Waals surface area contributed by atoms with Crippen molar-refractivity contribution < 1.29 is 17.9 Å². The van der Waals surface area contributed by atoms with Crippen LogP contribution in [-0.4, -0.2) is 26.2 Å². The molecule has 0 aromatic heterocycles. The highest BCUT2D eigenvalue weighted by atomic mass is 32.2. The van der Waals surface area contributed by atoms with E-state index in [1.807, 2.05) is 6.07 Å². The molecule has 1 aromatic rings. The molecule has 2 rings (SSSR count). The summed E-state index contributed by atoms with van der Waals surface area (Å²) in [6.07, 6.45) is 0. The van der Waals surface area contributed by atoms with E-state index in [0.29, 0.717) is 4.31 Å². The normalized spacial score (nSPS) is 19.5. The van der Waals surface area contributed by atoms with Crippen molar-refractivity contribution in [1.29, 1.82) is 5.26 Å². The molecule has 0 radical (unpaired) electrons. The molecule has 0 N–H and O–H groups in total. The lowest BCUT2D eigenvalue weighted by atomic mass is 10.1. The molecule has 0 saturated carbocycles. The van der Waals surface area contributed by atoms with E-state index in [0.717, 1.165) is 0 Å². The Bertz CT molecular complexity index is 701. The van der Waals surface area contributed by atoms with Crippen LogP contribution in [0.4, 0.5) is 5.69 Å². The first-order chi connectivity index (χ1) is 8.79. The Morgan fingerprint density at radius 2 is 2.00 bits per heavy atom. The summed E-state index contributed by atoms with van der Waals surface area (Å²) in [6.45, 7) is 2.67. The van der Waals surface area contributed by atoms with Crippen LogP contribution in [0.5, 0.6) is 5.75 Å². The van der Waals surface area contributed by atoms with Gasteiger partial charge >= 0.3 is 0 Å². The number of benzene rings is 1. The lowest BCUT2D eigenvalue weighted by Gasteiger charge is -2.43. The van der Waals surface area contributed by atoms with E-state index < -0.39 is 20.7 Å². The maximum Gasteiger partial charge on any atom is 0.263 e. The van der Waals surface area contributed by atoms with Crippen molar-refractivity contribution in [2.24, 2.45) is 0 Å². The van der Waals surface area contributed by atoms with E-state index in [4.69, 9.17) is 10.00 Å². The standard InChI is InChI=1S/C12H12N2O4S/c1-12(2)11(15)14(19(12,16)17)10-8(7-13)5-4-6-9(10)18-3/h4-6H,1-3H3. The zero-order valence-electron chi connectivity index (χ0n) is 10.7. The number of amides is 1. The van der Waals surface area contributed by atoms with Crippen LogP contribution in [0.1, 0.15) is 19.4 Å². The molecule has 0 aliphatic carbocycles. The van der Waals surface area contributed by atoms with Crippen LogP contribution in [-0.2, 0) is 14.8 Å². The quantitative estimate of drug-likeness (QED) is 0.807. The lowest BCUT2D eigenvalue weighted by molar-refractivity contribution is -0.120. The van der Waals surface area contributed by atoms with E-state index >= 15 is 0 Å². The maximum absolute atomic E-state index is 12.2. The molecular weight excluding hydrogens is 268 g/mol. The lowest BCUT2D eigenvalue weighted by Crippen LogP contribution is -2.67. The summed E-state index contributed by atoms with van der Waals surface area (Å²) in [7, 11) is -2.47. The molecule has 0 unspecified atom stereocenters. The highest BCUT2D eigenvalue weighted by molar-refractivity contribution is 7.98. The monoisotopic (exact) mass is 280 g/mol. The van der Waals surface area contributed by atoms with Crippen LogP contribution < -0.4 is 9.04 Å². The SMILES string of the molecule is COc1cccc(C#N)c1N1C(=O)C(C)(C)S1(=O)=O. The van der Waals surface area contributed by atoms with Crippen LogP contribution >= 0.6 is 0 Å². The predicted octanol–water partition coefficient (Wildman–Crippen LogP) is 1.02. The number of nitriles is 1. The predicted molar refractivity (Wildman–Crippen MR) is 68.2 cm³/mol. The van der Waals surface area contributed by atoms with Crippen LogP contribution in [0.3, 0.4) is 0 Å². The Morgan fingerprint density at radius 3 is 2.47 bits per heavy atom. The number of sulfonamides is 1. The molecule has 100 valence electrons. The fourth-order valence-electron chi connectivity index (χ4n) is 1.86. The van der Waals surface area contributed by atoms with E-state index in [-0.39, 0.29) is 17.0 Å². The Balaban J connectivity index is 2.69. The minimum absolute atomic E-state index is 0.0168. The highest BCUT2D eigenvalue weighted by Gasteiger charge is 2.62. The molecule has 0 atom stereocenters. The molecule has 1 fully saturated rings. The number of hydrogen-bond acceptors (Lipinski definition) is 5. The number of ether oxygens (including phenoxy) is 1. The Hall–Kier alpha value is -2.07. The second-order valence-corrected chi connectivity index (χ2v) is 6.89. The number of carbonyl (C=O) groups excluding carboxylic acids is 1. The van der Waals surface area contributed by atoms with Gasteiger partial charge in [0.15, 0.2) is 4.75 Å². The number of nitrogens with zero attached hydrogens (tertiary/aromatic N) is 2. The topological polar surface area (TPSA) is 87.5 Å². The number of carbonyl (C=O) groups is 1. The first-order valence-electron chi connectivity index (χ1n) is 5.45. The molecule has 19 heavy (non-hydrogen) atoms. The van der Waals surface area contributed by atoms with Gasteiger partial charge in [-0.25, -0.2) is 8.42 Å². The average molecular weight is 280 g/mol. The van der Waals surface area contributed by atoms with Crippen LogP contribution in [0.25, 0.3) is 0 Å². The van der Waals surface area contributed by atoms with Gasteiger partial charge in [-0.2, -0.15) is 9.57 Å². The summed E-state index contributed by atoms with van der Waals surface area (Å²) < 4.78 is 28.5. The van der Waals surface area contributed by atoms with E-state index in [2.05, 4.69) is 0 Å². The highest BCUT2D eigenvalue weighted by Crippen LogP contribution is 2.44. The van der Waals surface area contributed by atoms with Crippen molar-refractivity contribution in [2.45, 2.75) is 18.6 Å². The van der Waals surface area contributed by atoms with Crippen molar-refractivity contribution >= 4 is 21.6 Å². The van der Waals surface area contributed by atoms with Gasteiger partial charge in [-0.3, -0.25) is 4.79 Å².